The molecule has 106 valence electrons. The van der Waals surface area contributed by atoms with E-state index in [1.807, 2.05) is 38.4 Å². The molecule has 0 atom stereocenters. The van der Waals surface area contributed by atoms with Crippen LogP contribution in [0.2, 0.25) is 0 Å². The highest BCUT2D eigenvalue weighted by Gasteiger charge is 2.04. The van der Waals surface area contributed by atoms with E-state index in [9.17, 15) is 4.79 Å². The molecule has 1 aromatic heterocycles. The highest BCUT2D eigenvalue weighted by Crippen LogP contribution is 2.16. The van der Waals surface area contributed by atoms with Crippen molar-refractivity contribution in [1.82, 2.24) is 9.88 Å². The van der Waals surface area contributed by atoms with Crippen LogP contribution in [0, 0.1) is 6.92 Å². The zero-order valence-corrected chi connectivity index (χ0v) is 12.8. The van der Waals surface area contributed by atoms with Gasteiger partial charge in [0.05, 0.1) is 11.6 Å². The average molecular weight is 289 g/mol. The maximum Gasteiger partial charge on any atom is 0.219 e. The Kier molecular flexibility index (Phi) is 4.74. The lowest BCUT2D eigenvalue weighted by Crippen LogP contribution is -2.22. The largest absolute Gasteiger partial charge is 0.380 e. The van der Waals surface area contributed by atoms with Crippen LogP contribution in [0.25, 0.3) is 0 Å². The van der Waals surface area contributed by atoms with Crippen molar-refractivity contribution >= 4 is 22.9 Å². The molecule has 0 aliphatic heterocycles. The molecule has 1 N–H and O–H groups in total. The molecule has 0 fully saturated rings. The number of carbonyl (C=O) groups excluding carboxylic acids is 1. The number of aryl methyl sites for hydroxylation is 1. The number of rotatable bonds is 5. The lowest BCUT2D eigenvalue weighted by molar-refractivity contribution is -0.128. The number of nitrogens with one attached hydrogen (secondary N) is 1. The van der Waals surface area contributed by atoms with Crippen LogP contribution in [0.15, 0.2) is 30.5 Å². The van der Waals surface area contributed by atoms with Gasteiger partial charge in [-0.05, 0) is 24.6 Å². The van der Waals surface area contributed by atoms with Gasteiger partial charge in [0.1, 0.15) is 0 Å². The number of hydrogen-bond donors (Lipinski definition) is 1. The van der Waals surface area contributed by atoms with Gasteiger partial charge in [-0.3, -0.25) is 4.79 Å². The van der Waals surface area contributed by atoms with E-state index < -0.39 is 0 Å². The summed E-state index contributed by atoms with van der Waals surface area (Å²) in [7, 11) is 1.81. The third-order valence-electron chi connectivity index (χ3n) is 3.02. The van der Waals surface area contributed by atoms with Gasteiger partial charge in [0.25, 0.3) is 0 Å². The van der Waals surface area contributed by atoms with Gasteiger partial charge in [-0.2, -0.15) is 0 Å². The van der Waals surface area contributed by atoms with Crippen molar-refractivity contribution in [2.24, 2.45) is 0 Å². The highest BCUT2D eigenvalue weighted by atomic mass is 32.1. The first-order valence-corrected chi connectivity index (χ1v) is 7.32. The minimum Gasteiger partial charge on any atom is -0.380 e. The van der Waals surface area contributed by atoms with Crippen LogP contribution in [-0.4, -0.2) is 22.8 Å². The third-order valence-corrected chi connectivity index (χ3v) is 3.93. The molecule has 2 aromatic rings. The molecule has 20 heavy (non-hydrogen) atoms. The van der Waals surface area contributed by atoms with Crippen molar-refractivity contribution < 1.29 is 4.79 Å². The van der Waals surface area contributed by atoms with Gasteiger partial charge < -0.3 is 10.2 Å². The summed E-state index contributed by atoms with van der Waals surface area (Å²) in [6.07, 6.45) is 1.90. The number of aromatic nitrogens is 1. The lowest BCUT2D eigenvalue weighted by atomic mass is 10.2. The van der Waals surface area contributed by atoms with Crippen molar-refractivity contribution in [2.45, 2.75) is 26.9 Å². The summed E-state index contributed by atoms with van der Waals surface area (Å²) in [5, 5.41) is 4.47. The van der Waals surface area contributed by atoms with Crippen LogP contribution < -0.4 is 5.32 Å². The van der Waals surface area contributed by atoms with Crippen molar-refractivity contribution in [3.63, 3.8) is 0 Å². The molecule has 0 aliphatic carbocycles. The predicted molar refractivity (Wildman–Crippen MR) is 82.8 cm³/mol. The van der Waals surface area contributed by atoms with Gasteiger partial charge in [0.2, 0.25) is 5.91 Å². The Hall–Kier alpha value is -1.88. The summed E-state index contributed by atoms with van der Waals surface area (Å²) in [5.41, 5.74) is 2.18. The molecule has 1 aromatic carbocycles. The topological polar surface area (TPSA) is 45.2 Å². The van der Waals surface area contributed by atoms with Crippen molar-refractivity contribution in [1.29, 1.82) is 0 Å². The molecule has 5 heteroatoms. The van der Waals surface area contributed by atoms with E-state index in [1.165, 1.54) is 4.88 Å². The zero-order chi connectivity index (χ0) is 14.5. The summed E-state index contributed by atoms with van der Waals surface area (Å²) in [5.74, 6) is 0.0727. The van der Waals surface area contributed by atoms with Gasteiger partial charge in [0, 0.05) is 37.3 Å². The van der Waals surface area contributed by atoms with E-state index in [4.69, 9.17) is 0 Å². The molecule has 0 unspecified atom stereocenters. The summed E-state index contributed by atoms with van der Waals surface area (Å²) < 4.78 is 0. The Bertz CT molecular complexity index is 594. The van der Waals surface area contributed by atoms with Gasteiger partial charge in [0.15, 0.2) is 0 Å². The van der Waals surface area contributed by atoms with E-state index in [1.54, 1.807) is 23.2 Å². The molecule has 0 saturated heterocycles. The molecule has 4 nitrogen and oxygen atoms in total. The molecular formula is C15H19N3OS. The van der Waals surface area contributed by atoms with Gasteiger partial charge >= 0.3 is 0 Å². The summed E-state index contributed by atoms with van der Waals surface area (Å²) >= 11 is 1.70. The highest BCUT2D eigenvalue weighted by molar-refractivity contribution is 7.11. The smallest absolute Gasteiger partial charge is 0.219 e. The van der Waals surface area contributed by atoms with Gasteiger partial charge in [-0.1, -0.05) is 12.1 Å². The SMILES string of the molecule is CC(=O)N(C)Cc1cccc(NCc2cnc(C)s2)c1. The molecule has 0 spiro atoms. The second kappa shape index (κ2) is 6.52. The molecule has 1 heterocycles. The standard InChI is InChI=1S/C15H19N3OS/c1-11-16-8-15(20-11)9-17-14-6-4-5-13(7-14)10-18(3)12(2)19/h4-8,17H,9-10H2,1-3H3. The van der Waals surface area contributed by atoms with E-state index in [-0.39, 0.29) is 5.91 Å². The molecule has 1 amide bonds. The monoisotopic (exact) mass is 289 g/mol. The van der Waals surface area contributed by atoms with Gasteiger partial charge in [-0.25, -0.2) is 4.98 Å². The van der Waals surface area contributed by atoms with Crippen LogP contribution in [-0.2, 0) is 17.9 Å². The van der Waals surface area contributed by atoms with Crippen molar-refractivity contribution in [2.75, 3.05) is 12.4 Å². The van der Waals surface area contributed by atoms with Gasteiger partial charge in [-0.15, -0.1) is 11.3 Å². The molecule has 0 radical (unpaired) electrons. The summed E-state index contributed by atoms with van der Waals surface area (Å²) in [4.78, 5) is 18.4. The number of nitrogens with zero attached hydrogens (tertiary/aromatic N) is 2. The minimum atomic E-state index is 0.0727. The Morgan fingerprint density at radius 3 is 2.90 bits per heavy atom. The zero-order valence-electron chi connectivity index (χ0n) is 12.0. The second-order valence-corrected chi connectivity index (χ2v) is 6.09. The average Bonchev–Trinajstić information content (AvgIpc) is 2.82. The number of amides is 1. The van der Waals surface area contributed by atoms with Crippen molar-refractivity contribution in [3.8, 4) is 0 Å². The molecule has 0 aliphatic rings. The Morgan fingerprint density at radius 2 is 2.25 bits per heavy atom. The maximum atomic E-state index is 11.3. The summed E-state index contributed by atoms with van der Waals surface area (Å²) in [6, 6.07) is 8.14. The Morgan fingerprint density at radius 1 is 1.45 bits per heavy atom. The van der Waals surface area contributed by atoms with E-state index in [0.717, 1.165) is 22.8 Å². The first kappa shape index (κ1) is 14.5. The first-order valence-electron chi connectivity index (χ1n) is 6.50. The number of anilines is 1. The minimum absolute atomic E-state index is 0.0727. The van der Waals surface area contributed by atoms with E-state index in [0.29, 0.717) is 6.54 Å². The Labute approximate surface area is 123 Å². The lowest BCUT2D eigenvalue weighted by Gasteiger charge is -2.15. The maximum absolute atomic E-state index is 11.3. The predicted octanol–water partition coefficient (Wildman–Crippen LogP) is 3.04. The number of hydrogen-bond acceptors (Lipinski definition) is 4. The normalized spacial score (nSPS) is 10.3. The number of carbonyl (C=O) groups is 1. The Balaban J connectivity index is 1.97. The number of benzene rings is 1. The first-order chi connectivity index (χ1) is 9.54. The van der Waals surface area contributed by atoms with Crippen LogP contribution in [0.5, 0.6) is 0 Å². The number of thiazole rings is 1. The fourth-order valence-electron chi connectivity index (χ4n) is 1.84. The molecule has 0 saturated carbocycles. The van der Waals surface area contributed by atoms with E-state index >= 15 is 0 Å². The third kappa shape index (κ3) is 4.06. The van der Waals surface area contributed by atoms with Crippen LogP contribution in [0.1, 0.15) is 22.4 Å². The molecule has 2 rings (SSSR count). The summed E-state index contributed by atoms with van der Waals surface area (Å²) in [6.45, 7) is 4.99. The quantitative estimate of drug-likeness (QED) is 0.920. The molecular weight excluding hydrogens is 270 g/mol. The second-order valence-electron chi connectivity index (χ2n) is 4.77. The van der Waals surface area contributed by atoms with Crippen LogP contribution in [0.4, 0.5) is 5.69 Å². The molecule has 0 bridgehead atoms. The fourth-order valence-corrected chi connectivity index (χ4v) is 2.58. The van der Waals surface area contributed by atoms with Crippen molar-refractivity contribution in [3.05, 3.63) is 45.9 Å². The fraction of sp³-hybridized carbons (Fsp3) is 0.333. The van der Waals surface area contributed by atoms with Crippen LogP contribution >= 0.6 is 11.3 Å². The van der Waals surface area contributed by atoms with Crippen LogP contribution in [0.3, 0.4) is 0 Å². The van der Waals surface area contributed by atoms with E-state index in [2.05, 4.69) is 16.4 Å².